The topological polar surface area (TPSA) is 59.1 Å². The van der Waals surface area contributed by atoms with E-state index in [0.717, 1.165) is 12.0 Å². The highest BCUT2D eigenvalue weighted by Gasteiger charge is 2.19. The van der Waals surface area contributed by atoms with Crippen molar-refractivity contribution in [3.63, 3.8) is 0 Å². The van der Waals surface area contributed by atoms with Gasteiger partial charge in [-0.3, -0.25) is 4.98 Å². The first-order valence-corrected chi connectivity index (χ1v) is 6.63. The molecular formula is C16H20N2O. The molecular weight excluding hydrogens is 236 g/mol. The Morgan fingerprint density at radius 3 is 2.37 bits per heavy atom. The highest BCUT2D eigenvalue weighted by atomic mass is 16.3. The average molecular weight is 256 g/mol. The van der Waals surface area contributed by atoms with Gasteiger partial charge in [0.2, 0.25) is 0 Å². The molecule has 0 amide bonds. The first kappa shape index (κ1) is 13.7. The van der Waals surface area contributed by atoms with Gasteiger partial charge in [-0.05, 0) is 36.1 Å². The summed E-state index contributed by atoms with van der Waals surface area (Å²) in [7, 11) is 0. The van der Waals surface area contributed by atoms with Gasteiger partial charge in [0.25, 0.3) is 0 Å². The zero-order valence-electron chi connectivity index (χ0n) is 10.9. The summed E-state index contributed by atoms with van der Waals surface area (Å²) < 4.78 is 0. The van der Waals surface area contributed by atoms with E-state index in [9.17, 15) is 5.11 Å². The van der Waals surface area contributed by atoms with Gasteiger partial charge in [-0.25, -0.2) is 0 Å². The van der Waals surface area contributed by atoms with Crippen LogP contribution in [0.1, 0.15) is 23.5 Å². The van der Waals surface area contributed by atoms with Crippen LogP contribution < -0.4 is 5.73 Å². The third-order valence-electron chi connectivity index (χ3n) is 3.42. The molecule has 3 nitrogen and oxygen atoms in total. The molecule has 1 aromatic carbocycles. The van der Waals surface area contributed by atoms with Crippen LogP contribution in [0.15, 0.2) is 54.9 Å². The summed E-state index contributed by atoms with van der Waals surface area (Å²) in [6, 6.07) is 14.0. The van der Waals surface area contributed by atoms with Crippen molar-refractivity contribution in [2.24, 2.45) is 5.73 Å². The molecule has 19 heavy (non-hydrogen) atoms. The molecule has 0 fully saturated rings. The van der Waals surface area contributed by atoms with E-state index in [1.54, 1.807) is 12.4 Å². The van der Waals surface area contributed by atoms with Crippen LogP contribution in [0.3, 0.4) is 0 Å². The number of benzene rings is 1. The van der Waals surface area contributed by atoms with Gasteiger partial charge in [0.15, 0.2) is 0 Å². The number of rotatable bonds is 6. The fourth-order valence-corrected chi connectivity index (χ4v) is 2.29. The number of aromatic nitrogens is 1. The second-order valence-corrected chi connectivity index (χ2v) is 4.71. The third-order valence-corrected chi connectivity index (χ3v) is 3.42. The minimum absolute atomic E-state index is 0.0216. The minimum atomic E-state index is -0.424. The molecule has 1 heterocycles. The predicted octanol–water partition coefficient (Wildman–Crippen LogP) is 2.12. The molecule has 2 unspecified atom stereocenters. The van der Waals surface area contributed by atoms with Gasteiger partial charge in [0, 0.05) is 24.9 Å². The SMILES string of the molecule is NCC(c1ccncc1)C(O)CCc1ccccc1. The van der Waals surface area contributed by atoms with Crippen molar-refractivity contribution in [2.45, 2.75) is 24.9 Å². The Bertz CT molecular complexity index is 473. The van der Waals surface area contributed by atoms with E-state index in [1.165, 1.54) is 5.56 Å². The number of aryl methyl sites for hydroxylation is 1. The minimum Gasteiger partial charge on any atom is -0.392 e. The van der Waals surface area contributed by atoms with Crippen molar-refractivity contribution in [2.75, 3.05) is 6.54 Å². The lowest BCUT2D eigenvalue weighted by atomic mass is 9.90. The van der Waals surface area contributed by atoms with Crippen LogP contribution in [0.4, 0.5) is 0 Å². The maximum atomic E-state index is 10.3. The Balaban J connectivity index is 1.96. The zero-order chi connectivity index (χ0) is 13.5. The van der Waals surface area contributed by atoms with Crippen molar-refractivity contribution in [3.8, 4) is 0 Å². The molecule has 3 heteroatoms. The van der Waals surface area contributed by atoms with Crippen molar-refractivity contribution in [1.82, 2.24) is 4.98 Å². The van der Waals surface area contributed by atoms with Gasteiger partial charge >= 0.3 is 0 Å². The standard InChI is InChI=1S/C16H20N2O/c17-12-15(14-8-10-18-11-9-14)16(19)7-6-13-4-2-1-3-5-13/h1-5,8-11,15-16,19H,6-7,12,17H2. The van der Waals surface area contributed by atoms with E-state index < -0.39 is 6.10 Å². The molecule has 2 aromatic rings. The smallest absolute Gasteiger partial charge is 0.0624 e. The van der Waals surface area contributed by atoms with Gasteiger partial charge in [-0.2, -0.15) is 0 Å². The fourth-order valence-electron chi connectivity index (χ4n) is 2.29. The van der Waals surface area contributed by atoms with Crippen molar-refractivity contribution in [3.05, 3.63) is 66.0 Å². The molecule has 0 saturated heterocycles. The molecule has 0 bridgehead atoms. The summed E-state index contributed by atoms with van der Waals surface area (Å²) in [6.07, 6.45) is 4.63. The molecule has 100 valence electrons. The van der Waals surface area contributed by atoms with Crippen molar-refractivity contribution >= 4 is 0 Å². The molecule has 0 radical (unpaired) electrons. The third kappa shape index (κ3) is 3.88. The van der Waals surface area contributed by atoms with E-state index in [2.05, 4.69) is 17.1 Å². The number of aliphatic hydroxyl groups is 1. The number of hydrogen-bond donors (Lipinski definition) is 2. The zero-order valence-corrected chi connectivity index (χ0v) is 10.9. The Morgan fingerprint density at radius 1 is 1.05 bits per heavy atom. The van der Waals surface area contributed by atoms with Crippen molar-refractivity contribution < 1.29 is 5.11 Å². The number of nitrogens with zero attached hydrogens (tertiary/aromatic N) is 1. The van der Waals surface area contributed by atoms with E-state index in [-0.39, 0.29) is 5.92 Å². The Morgan fingerprint density at radius 2 is 1.74 bits per heavy atom. The summed E-state index contributed by atoms with van der Waals surface area (Å²) in [4.78, 5) is 3.99. The lowest BCUT2D eigenvalue weighted by molar-refractivity contribution is 0.136. The molecule has 2 rings (SSSR count). The largest absolute Gasteiger partial charge is 0.392 e. The second-order valence-electron chi connectivity index (χ2n) is 4.71. The van der Waals surface area contributed by atoms with Crippen LogP contribution in [0.5, 0.6) is 0 Å². The Kier molecular flexibility index (Phi) is 5.07. The molecule has 0 spiro atoms. The second kappa shape index (κ2) is 7.02. The molecule has 0 aliphatic rings. The van der Waals surface area contributed by atoms with Gasteiger partial charge in [0.1, 0.15) is 0 Å². The highest BCUT2D eigenvalue weighted by Crippen LogP contribution is 2.21. The lowest BCUT2D eigenvalue weighted by Gasteiger charge is -2.21. The molecule has 0 aliphatic carbocycles. The van der Waals surface area contributed by atoms with Crippen LogP contribution >= 0.6 is 0 Å². The molecule has 3 N–H and O–H groups in total. The lowest BCUT2D eigenvalue weighted by Crippen LogP contribution is -2.26. The molecule has 1 aromatic heterocycles. The quantitative estimate of drug-likeness (QED) is 0.832. The average Bonchev–Trinajstić information content (AvgIpc) is 2.48. The summed E-state index contributed by atoms with van der Waals surface area (Å²) in [5.74, 6) is -0.0216. The molecule has 2 atom stereocenters. The summed E-state index contributed by atoms with van der Waals surface area (Å²) in [5, 5.41) is 10.3. The number of hydrogen-bond acceptors (Lipinski definition) is 3. The first-order valence-electron chi connectivity index (χ1n) is 6.63. The van der Waals surface area contributed by atoms with Crippen LogP contribution in [0.25, 0.3) is 0 Å². The van der Waals surface area contributed by atoms with E-state index in [0.29, 0.717) is 13.0 Å². The summed E-state index contributed by atoms with van der Waals surface area (Å²) >= 11 is 0. The normalized spacial score (nSPS) is 14.0. The number of aliphatic hydroxyl groups excluding tert-OH is 1. The summed E-state index contributed by atoms with van der Waals surface area (Å²) in [5.41, 5.74) is 8.09. The van der Waals surface area contributed by atoms with Crippen LogP contribution in [0.2, 0.25) is 0 Å². The van der Waals surface area contributed by atoms with Gasteiger partial charge < -0.3 is 10.8 Å². The fraction of sp³-hybridized carbons (Fsp3) is 0.312. The predicted molar refractivity (Wildman–Crippen MR) is 76.8 cm³/mol. The Labute approximate surface area is 114 Å². The number of pyridine rings is 1. The van der Waals surface area contributed by atoms with Crippen LogP contribution in [-0.2, 0) is 6.42 Å². The Hall–Kier alpha value is -1.71. The van der Waals surface area contributed by atoms with Crippen LogP contribution in [-0.4, -0.2) is 22.7 Å². The van der Waals surface area contributed by atoms with Crippen LogP contribution in [0, 0.1) is 0 Å². The van der Waals surface area contributed by atoms with E-state index in [4.69, 9.17) is 5.73 Å². The first-order chi connectivity index (χ1) is 9.31. The van der Waals surface area contributed by atoms with E-state index in [1.807, 2.05) is 30.3 Å². The maximum Gasteiger partial charge on any atom is 0.0624 e. The van der Waals surface area contributed by atoms with E-state index >= 15 is 0 Å². The molecule has 0 saturated carbocycles. The van der Waals surface area contributed by atoms with Gasteiger partial charge in [0.05, 0.1) is 6.10 Å². The van der Waals surface area contributed by atoms with Crippen molar-refractivity contribution in [1.29, 1.82) is 0 Å². The maximum absolute atomic E-state index is 10.3. The summed E-state index contributed by atoms with van der Waals surface area (Å²) in [6.45, 7) is 0.444. The highest BCUT2D eigenvalue weighted by molar-refractivity contribution is 5.19. The van der Waals surface area contributed by atoms with Gasteiger partial charge in [-0.15, -0.1) is 0 Å². The molecule has 0 aliphatic heterocycles. The van der Waals surface area contributed by atoms with Gasteiger partial charge in [-0.1, -0.05) is 30.3 Å². The number of nitrogens with two attached hydrogens (primary N) is 1. The monoisotopic (exact) mass is 256 g/mol.